The van der Waals surface area contributed by atoms with Gasteiger partial charge in [0.25, 0.3) is 0 Å². The van der Waals surface area contributed by atoms with Gasteiger partial charge in [0.15, 0.2) is 0 Å². The molecule has 2 rings (SSSR count). The smallest absolute Gasteiger partial charge is 0.188 e. The van der Waals surface area contributed by atoms with E-state index in [1.165, 1.54) is 24.3 Å². The van der Waals surface area contributed by atoms with Gasteiger partial charge in [-0.15, -0.1) is 0 Å². The first-order valence-electron chi connectivity index (χ1n) is 6.14. The summed E-state index contributed by atoms with van der Waals surface area (Å²) in [6.07, 6.45) is -6.36. The number of rotatable bonds is 4. The summed E-state index contributed by atoms with van der Waals surface area (Å²) in [6, 6.07) is 14.1. The van der Waals surface area contributed by atoms with E-state index in [-0.39, 0.29) is 5.56 Å². The van der Waals surface area contributed by atoms with Crippen molar-refractivity contribution in [1.29, 1.82) is 0 Å². The standard InChI is InChI=1S/C15H8F7S/c16-13(17,14(18,19)20)15(21,22)23-12-9-5-4-8-11(12)10-6-2-1-3-7-10/h1-8H. The second kappa shape index (κ2) is 6.07. The van der Waals surface area contributed by atoms with Gasteiger partial charge in [-0.25, -0.2) is 0 Å². The van der Waals surface area contributed by atoms with Crippen LogP contribution in [0.3, 0.4) is 0 Å². The van der Waals surface area contributed by atoms with Crippen molar-refractivity contribution in [3.63, 3.8) is 0 Å². The van der Waals surface area contributed by atoms with Crippen LogP contribution in [0.5, 0.6) is 0 Å². The fraction of sp³-hybridized carbons (Fsp3) is 0.200. The Bertz CT molecular complexity index is 665. The molecule has 0 aromatic heterocycles. The van der Waals surface area contributed by atoms with Crippen molar-refractivity contribution in [2.75, 3.05) is 0 Å². The maximum atomic E-state index is 13.6. The lowest BCUT2D eigenvalue weighted by Crippen LogP contribution is -2.49. The molecule has 0 aliphatic heterocycles. The van der Waals surface area contributed by atoms with Crippen LogP contribution in [0.1, 0.15) is 0 Å². The fourth-order valence-electron chi connectivity index (χ4n) is 1.71. The molecule has 2 aromatic carbocycles. The topological polar surface area (TPSA) is 0 Å². The maximum Gasteiger partial charge on any atom is 0.460 e. The lowest BCUT2D eigenvalue weighted by Gasteiger charge is -2.27. The van der Waals surface area contributed by atoms with Crippen LogP contribution in [0.4, 0.5) is 30.7 Å². The summed E-state index contributed by atoms with van der Waals surface area (Å²) in [5.74, 6) is -6.16. The normalized spacial score (nSPS) is 13.2. The quantitative estimate of drug-likeness (QED) is 0.477. The van der Waals surface area contributed by atoms with Crippen LogP contribution in [-0.4, -0.2) is 17.4 Å². The van der Waals surface area contributed by atoms with Crippen molar-refractivity contribution < 1.29 is 30.7 Å². The van der Waals surface area contributed by atoms with Gasteiger partial charge in [0.2, 0.25) is 0 Å². The molecular formula is C15H8F7S. The van der Waals surface area contributed by atoms with Crippen LogP contribution in [0.15, 0.2) is 53.4 Å². The van der Waals surface area contributed by atoms with E-state index in [1.54, 1.807) is 18.2 Å². The first kappa shape index (κ1) is 17.7. The van der Waals surface area contributed by atoms with E-state index >= 15 is 0 Å². The molecule has 0 spiro atoms. The van der Waals surface area contributed by atoms with Crippen molar-refractivity contribution in [1.82, 2.24) is 0 Å². The molecule has 0 heterocycles. The molecule has 0 saturated heterocycles. The number of benzene rings is 2. The average molecular weight is 353 g/mol. The highest BCUT2D eigenvalue weighted by molar-refractivity contribution is 8.00. The van der Waals surface area contributed by atoms with Gasteiger partial charge in [-0.3, -0.25) is 0 Å². The first-order chi connectivity index (χ1) is 10.6. The highest BCUT2D eigenvalue weighted by Crippen LogP contribution is 2.54. The van der Waals surface area contributed by atoms with Crippen molar-refractivity contribution in [3.8, 4) is 11.1 Å². The van der Waals surface area contributed by atoms with Gasteiger partial charge >= 0.3 is 17.4 Å². The molecule has 0 bridgehead atoms. The molecule has 23 heavy (non-hydrogen) atoms. The molecule has 123 valence electrons. The van der Waals surface area contributed by atoms with E-state index < -0.39 is 34.0 Å². The Morgan fingerprint density at radius 2 is 1.39 bits per heavy atom. The number of hydrogen-bond acceptors (Lipinski definition) is 1. The summed E-state index contributed by atoms with van der Waals surface area (Å²) < 4.78 is 89.7. The maximum absolute atomic E-state index is 13.6. The minimum absolute atomic E-state index is 0.0933. The van der Waals surface area contributed by atoms with Gasteiger partial charge in [-0.1, -0.05) is 48.5 Å². The Morgan fingerprint density at radius 1 is 0.783 bits per heavy atom. The zero-order valence-corrected chi connectivity index (χ0v) is 12.0. The van der Waals surface area contributed by atoms with E-state index in [9.17, 15) is 30.7 Å². The SMILES string of the molecule is FC(F)(F)C(F)(F)C(F)(F)Sc1[c]cccc1-c1ccccc1. The number of alkyl halides is 7. The molecule has 0 aliphatic rings. The van der Waals surface area contributed by atoms with Gasteiger partial charge in [0.1, 0.15) is 0 Å². The molecule has 0 saturated carbocycles. The molecule has 1 radical (unpaired) electrons. The minimum atomic E-state index is -6.36. The Morgan fingerprint density at radius 3 is 1.96 bits per heavy atom. The van der Waals surface area contributed by atoms with Crippen molar-refractivity contribution >= 4 is 11.8 Å². The first-order valence-corrected chi connectivity index (χ1v) is 6.95. The highest BCUT2D eigenvalue weighted by Gasteiger charge is 2.73. The van der Waals surface area contributed by atoms with Crippen LogP contribution >= 0.6 is 11.8 Å². The molecule has 0 N–H and O–H groups in total. The third-order valence-corrected chi connectivity index (χ3v) is 3.91. The van der Waals surface area contributed by atoms with E-state index in [0.29, 0.717) is 5.56 Å². The zero-order chi connectivity index (χ0) is 17.3. The lowest BCUT2D eigenvalue weighted by atomic mass is 10.1. The molecular weight excluding hydrogens is 345 g/mol. The van der Waals surface area contributed by atoms with Gasteiger partial charge < -0.3 is 0 Å². The molecule has 0 fully saturated rings. The average Bonchev–Trinajstić information content (AvgIpc) is 2.47. The van der Waals surface area contributed by atoms with E-state index in [0.717, 1.165) is 6.07 Å². The van der Waals surface area contributed by atoms with Crippen LogP contribution in [0.25, 0.3) is 11.1 Å². The van der Waals surface area contributed by atoms with Crippen LogP contribution in [-0.2, 0) is 0 Å². The van der Waals surface area contributed by atoms with Gasteiger partial charge in [0, 0.05) is 4.90 Å². The van der Waals surface area contributed by atoms with Crippen LogP contribution < -0.4 is 0 Å². The summed E-state index contributed by atoms with van der Waals surface area (Å²) in [5.41, 5.74) is 0.494. The predicted octanol–water partition coefficient (Wildman–Crippen LogP) is 6.04. The third kappa shape index (κ3) is 3.46. The third-order valence-electron chi connectivity index (χ3n) is 2.85. The van der Waals surface area contributed by atoms with Gasteiger partial charge in [-0.2, -0.15) is 30.7 Å². The molecule has 2 aromatic rings. The molecule has 0 atom stereocenters. The number of halogens is 7. The summed E-state index contributed by atoms with van der Waals surface area (Å²) in [4.78, 5) is -0.493. The number of hydrogen-bond donors (Lipinski definition) is 0. The Kier molecular flexibility index (Phi) is 4.66. The van der Waals surface area contributed by atoms with Gasteiger partial charge in [0.05, 0.1) is 0 Å². The molecule has 0 nitrogen and oxygen atoms in total. The Hall–Kier alpha value is -1.70. The largest absolute Gasteiger partial charge is 0.460 e. The summed E-state index contributed by atoms with van der Waals surface area (Å²) >= 11 is -0.858. The Balaban J connectivity index is 2.42. The molecule has 0 aliphatic carbocycles. The Labute approximate surface area is 131 Å². The second-order valence-electron chi connectivity index (χ2n) is 4.47. The van der Waals surface area contributed by atoms with E-state index in [4.69, 9.17) is 0 Å². The fourth-order valence-corrected chi connectivity index (χ4v) is 2.63. The van der Waals surface area contributed by atoms with Crippen molar-refractivity contribution in [2.24, 2.45) is 0 Å². The van der Waals surface area contributed by atoms with E-state index in [1.807, 2.05) is 0 Å². The monoisotopic (exact) mass is 353 g/mol. The predicted molar refractivity (Wildman–Crippen MR) is 72.5 cm³/mol. The second-order valence-corrected chi connectivity index (χ2v) is 5.60. The number of thioether (sulfide) groups is 1. The van der Waals surface area contributed by atoms with Crippen molar-refractivity contribution in [3.05, 3.63) is 54.6 Å². The minimum Gasteiger partial charge on any atom is -0.188 e. The van der Waals surface area contributed by atoms with Crippen LogP contribution in [0.2, 0.25) is 0 Å². The highest BCUT2D eigenvalue weighted by atomic mass is 32.2. The lowest BCUT2D eigenvalue weighted by molar-refractivity contribution is -0.330. The molecule has 0 amide bonds. The van der Waals surface area contributed by atoms with Gasteiger partial charge in [-0.05, 0) is 29.0 Å². The van der Waals surface area contributed by atoms with E-state index in [2.05, 4.69) is 6.07 Å². The molecule has 8 heteroatoms. The summed E-state index contributed by atoms with van der Waals surface area (Å²) in [6.45, 7) is 0. The van der Waals surface area contributed by atoms with Crippen molar-refractivity contribution in [2.45, 2.75) is 22.2 Å². The summed E-state index contributed by atoms with van der Waals surface area (Å²) in [7, 11) is 0. The summed E-state index contributed by atoms with van der Waals surface area (Å²) in [5, 5.41) is -5.37. The molecule has 0 unspecified atom stereocenters. The zero-order valence-electron chi connectivity index (χ0n) is 11.2. The van der Waals surface area contributed by atoms with Crippen LogP contribution in [0, 0.1) is 6.07 Å².